The van der Waals surface area contributed by atoms with Crippen LogP contribution in [0.2, 0.25) is 0 Å². The van der Waals surface area contributed by atoms with Gasteiger partial charge in [-0.15, -0.1) is 5.10 Å². The van der Waals surface area contributed by atoms with Crippen molar-refractivity contribution in [2.45, 2.75) is 38.6 Å². The fraction of sp³-hybridized carbons (Fsp3) is 0.417. The van der Waals surface area contributed by atoms with Gasteiger partial charge in [-0.3, -0.25) is 9.78 Å². The second kappa shape index (κ2) is 7.89. The maximum atomic E-state index is 11.6. The van der Waals surface area contributed by atoms with Crippen molar-refractivity contribution in [3.8, 4) is 11.3 Å². The van der Waals surface area contributed by atoms with Gasteiger partial charge in [0.2, 0.25) is 11.9 Å². The second-order valence-corrected chi connectivity index (χ2v) is 9.41. The van der Waals surface area contributed by atoms with E-state index < -0.39 is 0 Å². The summed E-state index contributed by atoms with van der Waals surface area (Å²) < 4.78 is 1.85. The van der Waals surface area contributed by atoms with Gasteiger partial charge in [-0.25, -0.2) is 14.5 Å². The molecule has 4 aromatic rings. The van der Waals surface area contributed by atoms with Gasteiger partial charge in [0.25, 0.3) is 0 Å². The van der Waals surface area contributed by atoms with Gasteiger partial charge in [0, 0.05) is 57.3 Å². The third-order valence-corrected chi connectivity index (χ3v) is 7.32. The number of nitrogens with zero attached hydrogens (tertiary/aromatic N) is 7. The standard InChI is InChI=1S/C24H27N9O/c1-15(34)32-11-6-24(7-12-32)13-16(14-24)28-23-30-22(25-2)20-17(5-10-33(20)31-23)18-3-4-19-21(29-18)27-9-8-26-19/h3-5,8-10,16H,6-7,11-14H2,1-2H3,(H2,25,28,30,31). The first kappa shape index (κ1) is 20.8. The van der Waals surface area contributed by atoms with Crippen molar-refractivity contribution in [1.82, 2.24) is 34.4 Å². The average molecular weight is 458 g/mol. The molecule has 6 rings (SSSR count). The second-order valence-electron chi connectivity index (χ2n) is 9.41. The summed E-state index contributed by atoms with van der Waals surface area (Å²) in [5, 5.41) is 11.5. The lowest BCUT2D eigenvalue weighted by atomic mass is 9.60. The lowest BCUT2D eigenvalue weighted by molar-refractivity contribution is -0.132. The lowest BCUT2D eigenvalue weighted by Gasteiger charge is -2.52. The number of pyridine rings is 1. The minimum Gasteiger partial charge on any atom is -0.371 e. The smallest absolute Gasteiger partial charge is 0.243 e. The summed E-state index contributed by atoms with van der Waals surface area (Å²) >= 11 is 0. The number of nitrogens with one attached hydrogen (secondary N) is 2. The summed E-state index contributed by atoms with van der Waals surface area (Å²) in [4.78, 5) is 31.7. The quantitative estimate of drug-likeness (QED) is 0.481. The Morgan fingerprint density at radius 1 is 1.09 bits per heavy atom. The van der Waals surface area contributed by atoms with E-state index in [1.54, 1.807) is 19.3 Å². The molecule has 1 amide bonds. The van der Waals surface area contributed by atoms with Gasteiger partial charge in [0.05, 0.1) is 5.69 Å². The Hall–Kier alpha value is -3.82. The number of hydrogen-bond acceptors (Lipinski definition) is 8. The summed E-state index contributed by atoms with van der Waals surface area (Å²) in [5.74, 6) is 1.53. The summed E-state index contributed by atoms with van der Waals surface area (Å²) in [5.41, 5.74) is 4.32. The van der Waals surface area contributed by atoms with Gasteiger partial charge >= 0.3 is 0 Å². The zero-order valence-electron chi connectivity index (χ0n) is 19.3. The molecule has 34 heavy (non-hydrogen) atoms. The molecule has 0 aromatic carbocycles. The first-order valence-corrected chi connectivity index (χ1v) is 11.7. The minimum atomic E-state index is 0.183. The molecule has 1 spiro atoms. The minimum absolute atomic E-state index is 0.183. The molecule has 0 radical (unpaired) electrons. The number of piperidine rings is 1. The largest absolute Gasteiger partial charge is 0.371 e. The van der Waals surface area contributed by atoms with Crippen LogP contribution in [0.3, 0.4) is 0 Å². The third-order valence-electron chi connectivity index (χ3n) is 7.32. The van der Waals surface area contributed by atoms with Crippen molar-refractivity contribution in [3.05, 3.63) is 36.8 Å². The highest BCUT2D eigenvalue weighted by Crippen LogP contribution is 2.49. The summed E-state index contributed by atoms with van der Waals surface area (Å²) in [7, 11) is 1.86. The fourth-order valence-electron chi connectivity index (χ4n) is 5.45. The van der Waals surface area contributed by atoms with Crippen LogP contribution in [-0.2, 0) is 4.79 Å². The van der Waals surface area contributed by atoms with E-state index >= 15 is 0 Å². The Morgan fingerprint density at radius 2 is 1.88 bits per heavy atom. The number of amides is 1. The van der Waals surface area contributed by atoms with Crippen molar-refractivity contribution in [2.24, 2.45) is 5.41 Å². The highest BCUT2D eigenvalue weighted by molar-refractivity contribution is 5.89. The predicted molar refractivity (Wildman–Crippen MR) is 129 cm³/mol. The SMILES string of the molecule is CNc1nc(NC2CC3(CCN(C(C)=O)CC3)C2)nn2ccc(-c3ccc4nccnc4n3)c12. The molecule has 4 aromatic heterocycles. The highest BCUT2D eigenvalue weighted by atomic mass is 16.2. The van der Waals surface area contributed by atoms with E-state index in [0.717, 1.165) is 66.9 Å². The first-order chi connectivity index (χ1) is 16.5. The normalized spacial score (nSPS) is 17.8. The van der Waals surface area contributed by atoms with Gasteiger partial charge in [0.15, 0.2) is 11.5 Å². The average Bonchev–Trinajstić information content (AvgIpc) is 3.26. The number of rotatable bonds is 4. The number of anilines is 2. The lowest BCUT2D eigenvalue weighted by Crippen LogP contribution is -2.52. The summed E-state index contributed by atoms with van der Waals surface area (Å²) in [6, 6.07) is 6.22. The Kier molecular flexibility index (Phi) is 4.82. The monoisotopic (exact) mass is 457 g/mol. The molecule has 2 aliphatic rings. The molecule has 1 aliphatic heterocycles. The number of hydrogen-bond donors (Lipinski definition) is 2. The van der Waals surface area contributed by atoms with Crippen LogP contribution in [0.15, 0.2) is 36.8 Å². The Balaban J connectivity index is 1.22. The molecular formula is C24H27N9O. The number of fused-ring (bicyclic) bond motifs is 2. The molecule has 1 saturated heterocycles. The van der Waals surface area contributed by atoms with Crippen LogP contribution < -0.4 is 10.6 Å². The van der Waals surface area contributed by atoms with Gasteiger partial charge in [-0.1, -0.05) is 0 Å². The van der Waals surface area contributed by atoms with Crippen molar-refractivity contribution >= 4 is 34.4 Å². The first-order valence-electron chi connectivity index (χ1n) is 11.7. The van der Waals surface area contributed by atoms with E-state index in [1.165, 1.54) is 0 Å². The molecule has 1 aliphatic carbocycles. The van der Waals surface area contributed by atoms with Crippen LogP contribution in [0.1, 0.15) is 32.6 Å². The van der Waals surface area contributed by atoms with Crippen molar-refractivity contribution in [2.75, 3.05) is 30.8 Å². The Bertz CT molecular complexity index is 1380. The Morgan fingerprint density at radius 3 is 2.65 bits per heavy atom. The number of aromatic nitrogens is 6. The van der Waals surface area contributed by atoms with Crippen LogP contribution in [0.5, 0.6) is 0 Å². The van der Waals surface area contributed by atoms with Crippen molar-refractivity contribution in [1.29, 1.82) is 0 Å². The van der Waals surface area contributed by atoms with Crippen molar-refractivity contribution < 1.29 is 4.79 Å². The van der Waals surface area contributed by atoms with Crippen LogP contribution in [-0.4, -0.2) is 66.5 Å². The van der Waals surface area contributed by atoms with Crippen LogP contribution in [0.25, 0.3) is 27.9 Å². The molecular weight excluding hydrogens is 430 g/mol. The van der Waals surface area contributed by atoms with Crippen LogP contribution in [0, 0.1) is 5.41 Å². The molecule has 10 nitrogen and oxygen atoms in total. The van der Waals surface area contributed by atoms with Gasteiger partial charge in [-0.2, -0.15) is 4.98 Å². The number of carbonyl (C=O) groups excluding carboxylic acids is 1. The zero-order chi connectivity index (χ0) is 23.3. The predicted octanol–water partition coefficient (Wildman–Crippen LogP) is 2.98. The maximum Gasteiger partial charge on any atom is 0.243 e. The van der Waals surface area contributed by atoms with E-state index in [-0.39, 0.29) is 5.91 Å². The third kappa shape index (κ3) is 3.49. The molecule has 5 heterocycles. The topological polar surface area (TPSA) is 113 Å². The molecule has 10 heteroatoms. The van der Waals surface area contributed by atoms with Crippen molar-refractivity contribution in [3.63, 3.8) is 0 Å². The zero-order valence-corrected chi connectivity index (χ0v) is 19.3. The maximum absolute atomic E-state index is 11.6. The van der Waals surface area contributed by atoms with E-state index in [2.05, 4.69) is 20.6 Å². The Labute approximate surface area is 196 Å². The van der Waals surface area contributed by atoms with Gasteiger partial charge in [-0.05, 0) is 49.3 Å². The van der Waals surface area contributed by atoms with E-state index in [4.69, 9.17) is 15.1 Å². The van der Waals surface area contributed by atoms with Crippen LogP contribution in [0.4, 0.5) is 11.8 Å². The van der Waals surface area contributed by atoms with E-state index in [0.29, 0.717) is 23.1 Å². The molecule has 0 unspecified atom stereocenters. The van der Waals surface area contributed by atoms with Crippen LogP contribution >= 0.6 is 0 Å². The summed E-state index contributed by atoms with van der Waals surface area (Å²) in [6.07, 6.45) is 9.59. The summed E-state index contributed by atoms with van der Waals surface area (Å²) in [6.45, 7) is 3.40. The number of carbonyl (C=O) groups is 1. The molecule has 2 N–H and O–H groups in total. The number of likely N-dealkylation sites (tertiary alicyclic amines) is 1. The fourth-order valence-corrected chi connectivity index (χ4v) is 5.45. The highest BCUT2D eigenvalue weighted by Gasteiger charge is 2.46. The van der Waals surface area contributed by atoms with Gasteiger partial charge in [0.1, 0.15) is 11.0 Å². The van der Waals surface area contributed by atoms with E-state index in [1.807, 2.05) is 40.9 Å². The molecule has 0 bridgehead atoms. The molecule has 174 valence electrons. The molecule has 2 fully saturated rings. The van der Waals surface area contributed by atoms with Gasteiger partial charge < -0.3 is 15.5 Å². The molecule has 1 saturated carbocycles. The van der Waals surface area contributed by atoms with E-state index in [9.17, 15) is 4.79 Å². The molecule has 0 atom stereocenters.